The van der Waals surface area contributed by atoms with Gasteiger partial charge in [-0.3, -0.25) is 14.3 Å². The first-order valence-corrected chi connectivity index (χ1v) is 8.36. The lowest BCUT2D eigenvalue weighted by molar-refractivity contribution is -0.132. The van der Waals surface area contributed by atoms with E-state index >= 15 is 0 Å². The molecule has 0 saturated carbocycles. The van der Waals surface area contributed by atoms with Crippen LogP contribution in [0, 0.1) is 5.92 Å². The Balaban J connectivity index is 1.43. The Morgan fingerprint density at radius 1 is 1.30 bits per heavy atom. The van der Waals surface area contributed by atoms with Crippen molar-refractivity contribution < 1.29 is 9.59 Å². The number of rotatable bonds is 4. The van der Waals surface area contributed by atoms with Crippen LogP contribution in [0.15, 0.2) is 24.5 Å². The fourth-order valence-corrected chi connectivity index (χ4v) is 3.30. The second-order valence-corrected chi connectivity index (χ2v) is 6.50. The van der Waals surface area contributed by atoms with Crippen LogP contribution in [0.2, 0.25) is 0 Å². The van der Waals surface area contributed by atoms with Crippen LogP contribution in [-0.2, 0) is 11.8 Å². The van der Waals surface area contributed by atoms with Crippen molar-refractivity contribution in [2.45, 2.75) is 38.1 Å². The van der Waals surface area contributed by atoms with Crippen molar-refractivity contribution in [2.24, 2.45) is 13.0 Å². The number of nitrogens with zero attached hydrogens (tertiary/aromatic N) is 3. The van der Waals surface area contributed by atoms with Crippen LogP contribution in [0.1, 0.15) is 42.5 Å². The standard InChI is InChI=1S/C17H24N4O2/c1-20-12-14(11-18-20)17(23)19-15-6-8-21(9-7-15)16(22)10-13-4-2-3-5-13/h2,4,11-13,15H,3,5-10H2,1H3,(H,19,23)/t13-/m1/s1. The number of allylic oxidation sites excluding steroid dienone is 2. The Labute approximate surface area is 136 Å². The average Bonchev–Trinajstić information content (AvgIpc) is 3.19. The molecule has 0 spiro atoms. The predicted molar refractivity (Wildman–Crippen MR) is 86.8 cm³/mol. The lowest BCUT2D eigenvalue weighted by atomic mass is 10.0. The van der Waals surface area contributed by atoms with Gasteiger partial charge in [0.1, 0.15) is 0 Å². The van der Waals surface area contributed by atoms with E-state index < -0.39 is 0 Å². The Morgan fingerprint density at radius 2 is 2.09 bits per heavy atom. The molecule has 0 bridgehead atoms. The molecule has 0 unspecified atom stereocenters. The first-order chi connectivity index (χ1) is 11.1. The van der Waals surface area contributed by atoms with E-state index in [1.165, 1.54) is 0 Å². The zero-order chi connectivity index (χ0) is 16.2. The van der Waals surface area contributed by atoms with Crippen LogP contribution in [0.4, 0.5) is 0 Å². The highest BCUT2D eigenvalue weighted by atomic mass is 16.2. The van der Waals surface area contributed by atoms with Crippen molar-refractivity contribution in [1.82, 2.24) is 20.0 Å². The van der Waals surface area contributed by atoms with E-state index in [1.54, 1.807) is 24.1 Å². The SMILES string of the molecule is Cn1cc(C(=O)NC2CCN(C(=O)C[C@@H]3C=CCC3)CC2)cn1. The van der Waals surface area contributed by atoms with Gasteiger partial charge in [-0.25, -0.2) is 0 Å². The van der Waals surface area contributed by atoms with Crippen molar-refractivity contribution in [2.75, 3.05) is 13.1 Å². The van der Waals surface area contributed by atoms with Gasteiger partial charge < -0.3 is 10.2 Å². The zero-order valence-electron chi connectivity index (χ0n) is 13.6. The number of hydrogen-bond donors (Lipinski definition) is 1. The molecule has 1 aromatic heterocycles. The third-order valence-electron chi connectivity index (χ3n) is 4.70. The fraction of sp³-hybridized carbons (Fsp3) is 0.588. The summed E-state index contributed by atoms with van der Waals surface area (Å²) in [6, 6.07) is 0.137. The Bertz CT molecular complexity index is 599. The van der Waals surface area contributed by atoms with Crippen LogP contribution in [0.3, 0.4) is 0 Å². The second-order valence-electron chi connectivity index (χ2n) is 6.50. The van der Waals surface area contributed by atoms with Gasteiger partial charge in [-0.1, -0.05) is 12.2 Å². The normalized spacial score (nSPS) is 21.6. The molecule has 2 aliphatic rings. The summed E-state index contributed by atoms with van der Waals surface area (Å²) in [6.07, 6.45) is 12.1. The molecular weight excluding hydrogens is 292 g/mol. The number of carbonyl (C=O) groups is 2. The van der Waals surface area contributed by atoms with E-state index in [-0.39, 0.29) is 17.9 Å². The summed E-state index contributed by atoms with van der Waals surface area (Å²) in [6.45, 7) is 1.46. The molecule has 1 atom stereocenters. The predicted octanol–water partition coefficient (Wildman–Crippen LogP) is 1.50. The molecule has 6 nitrogen and oxygen atoms in total. The summed E-state index contributed by atoms with van der Waals surface area (Å²) in [7, 11) is 1.79. The minimum absolute atomic E-state index is 0.0843. The molecule has 1 aliphatic heterocycles. The van der Waals surface area contributed by atoms with Crippen molar-refractivity contribution in [3.8, 4) is 0 Å². The minimum Gasteiger partial charge on any atom is -0.349 e. The molecule has 3 rings (SSSR count). The molecule has 1 saturated heterocycles. The number of nitrogens with one attached hydrogen (secondary N) is 1. The maximum atomic E-state index is 12.3. The van der Waals surface area contributed by atoms with Crippen molar-refractivity contribution in [3.63, 3.8) is 0 Å². The first-order valence-electron chi connectivity index (χ1n) is 8.36. The molecule has 0 radical (unpaired) electrons. The van der Waals surface area contributed by atoms with E-state index in [9.17, 15) is 9.59 Å². The third kappa shape index (κ3) is 4.00. The third-order valence-corrected chi connectivity index (χ3v) is 4.70. The van der Waals surface area contributed by atoms with Gasteiger partial charge in [0.05, 0.1) is 11.8 Å². The van der Waals surface area contributed by atoms with Crippen LogP contribution >= 0.6 is 0 Å². The molecule has 124 valence electrons. The molecule has 1 aliphatic carbocycles. The minimum atomic E-state index is -0.0843. The van der Waals surface area contributed by atoms with E-state index in [2.05, 4.69) is 22.6 Å². The number of aryl methyl sites for hydroxylation is 1. The van der Waals surface area contributed by atoms with Gasteiger partial charge in [-0.15, -0.1) is 0 Å². The van der Waals surface area contributed by atoms with Crippen LogP contribution in [0.5, 0.6) is 0 Å². The number of amides is 2. The molecule has 6 heteroatoms. The van der Waals surface area contributed by atoms with Gasteiger partial charge in [0.25, 0.3) is 5.91 Å². The van der Waals surface area contributed by atoms with E-state index in [0.717, 1.165) is 38.8 Å². The zero-order valence-corrected chi connectivity index (χ0v) is 13.6. The number of hydrogen-bond acceptors (Lipinski definition) is 3. The van der Waals surface area contributed by atoms with Gasteiger partial charge >= 0.3 is 0 Å². The smallest absolute Gasteiger partial charge is 0.254 e. The average molecular weight is 316 g/mol. The summed E-state index contributed by atoms with van der Waals surface area (Å²) < 4.78 is 1.62. The number of piperidine rings is 1. The molecular formula is C17H24N4O2. The summed E-state index contributed by atoms with van der Waals surface area (Å²) in [4.78, 5) is 26.4. The highest BCUT2D eigenvalue weighted by Gasteiger charge is 2.25. The summed E-state index contributed by atoms with van der Waals surface area (Å²) in [5.41, 5.74) is 0.582. The largest absolute Gasteiger partial charge is 0.349 e. The lowest BCUT2D eigenvalue weighted by Crippen LogP contribution is -2.46. The van der Waals surface area contributed by atoms with Crippen LogP contribution < -0.4 is 5.32 Å². The number of carbonyl (C=O) groups excluding carboxylic acids is 2. The second kappa shape index (κ2) is 6.98. The maximum Gasteiger partial charge on any atom is 0.254 e. The Kier molecular flexibility index (Phi) is 4.79. The summed E-state index contributed by atoms with van der Waals surface area (Å²) in [5, 5.41) is 7.05. The van der Waals surface area contributed by atoms with Gasteiger partial charge in [0, 0.05) is 38.8 Å². The monoisotopic (exact) mass is 316 g/mol. The van der Waals surface area contributed by atoms with Gasteiger partial charge in [0.15, 0.2) is 0 Å². The Hall–Kier alpha value is -2.11. The van der Waals surface area contributed by atoms with Gasteiger partial charge in [-0.05, 0) is 31.6 Å². The molecule has 2 heterocycles. The van der Waals surface area contributed by atoms with Crippen molar-refractivity contribution in [3.05, 3.63) is 30.1 Å². The van der Waals surface area contributed by atoms with E-state index in [1.807, 2.05) is 4.90 Å². The maximum absolute atomic E-state index is 12.3. The number of likely N-dealkylation sites (tertiary alicyclic amines) is 1. The van der Waals surface area contributed by atoms with Crippen molar-refractivity contribution >= 4 is 11.8 Å². The molecule has 1 fully saturated rings. The molecule has 2 amide bonds. The lowest BCUT2D eigenvalue weighted by Gasteiger charge is -2.33. The Morgan fingerprint density at radius 3 is 2.70 bits per heavy atom. The highest BCUT2D eigenvalue weighted by molar-refractivity contribution is 5.93. The van der Waals surface area contributed by atoms with Gasteiger partial charge in [0.2, 0.25) is 5.91 Å². The topological polar surface area (TPSA) is 67.2 Å². The molecule has 1 aromatic rings. The van der Waals surface area contributed by atoms with Crippen LogP contribution in [0.25, 0.3) is 0 Å². The molecule has 1 N–H and O–H groups in total. The number of aromatic nitrogens is 2. The molecule has 0 aromatic carbocycles. The fourth-order valence-electron chi connectivity index (χ4n) is 3.30. The highest BCUT2D eigenvalue weighted by Crippen LogP contribution is 2.22. The molecule has 23 heavy (non-hydrogen) atoms. The van der Waals surface area contributed by atoms with Gasteiger partial charge in [-0.2, -0.15) is 5.10 Å². The van der Waals surface area contributed by atoms with Crippen LogP contribution in [-0.4, -0.2) is 45.6 Å². The van der Waals surface area contributed by atoms with E-state index in [0.29, 0.717) is 17.9 Å². The van der Waals surface area contributed by atoms with E-state index in [4.69, 9.17) is 0 Å². The quantitative estimate of drug-likeness (QED) is 0.856. The first kappa shape index (κ1) is 15.8. The van der Waals surface area contributed by atoms with Crippen molar-refractivity contribution in [1.29, 1.82) is 0 Å². The summed E-state index contributed by atoms with van der Waals surface area (Å²) >= 11 is 0. The summed E-state index contributed by atoms with van der Waals surface area (Å²) in [5.74, 6) is 0.586.